The third-order valence-electron chi connectivity index (χ3n) is 4.46. The van der Waals surface area contributed by atoms with Crippen LogP contribution >= 0.6 is 0 Å². The monoisotopic (exact) mass is 246 g/mol. The summed E-state index contributed by atoms with van der Waals surface area (Å²) in [6.45, 7) is 11.5. The van der Waals surface area contributed by atoms with Gasteiger partial charge in [-0.1, -0.05) is 52.5 Å². The molecule has 1 aliphatic carbocycles. The fourth-order valence-electron chi connectivity index (χ4n) is 2.88. The van der Waals surface area contributed by atoms with E-state index in [1.807, 2.05) is 6.92 Å². The average molecular weight is 246 g/mol. The van der Waals surface area contributed by atoms with Crippen LogP contribution in [0.15, 0.2) is 11.6 Å². The first-order valence-corrected chi connectivity index (χ1v) is 7.58. The molecule has 102 valence electrons. The second-order valence-corrected chi connectivity index (χ2v) is 6.81. The molecule has 1 aliphatic rings. The standard InChI is InChI=1S/C18H30/c1-6-9-17-11-8-13-18(4,5)12-7-10-15(2)16(3)14-17/h14-16H,7-8,10-13H2,1-5H3. The van der Waals surface area contributed by atoms with E-state index in [9.17, 15) is 0 Å². The summed E-state index contributed by atoms with van der Waals surface area (Å²) in [5.41, 5.74) is 1.88. The third kappa shape index (κ3) is 5.30. The van der Waals surface area contributed by atoms with E-state index < -0.39 is 0 Å². The molecule has 2 unspecified atom stereocenters. The highest BCUT2D eigenvalue weighted by Gasteiger charge is 2.20. The molecule has 1 rings (SSSR count). The second-order valence-electron chi connectivity index (χ2n) is 6.81. The maximum atomic E-state index is 3.31. The van der Waals surface area contributed by atoms with E-state index >= 15 is 0 Å². The van der Waals surface area contributed by atoms with Gasteiger partial charge < -0.3 is 0 Å². The van der Waals surface area contributed by atoms with E-state index in [1.165, 1.54) is 44.1 Å². The third-order valence-corrected chi connectivity index (χ3v) is 4.46. The molecule has 2 atom stereocenters. The Balaban J connectivity index is 2.80. The van der Waals surface area contributed by atoms with Crippen molar-refractivity contribution in [1.82, 2.24) is 0 Å². The predicted molar refractivity (Wildman–Crippen MR) is 81.3 cm³/mol. The van der Waals surface area contributed by atoms with Gasteiger partial charge in [0.05, 0.1) is 0 Å². The Bertz CT molecular complexity index is 335. The average Bonchev–Trinajstić information content (AvgIpc) is 2.29. The lowest BCUT2D eigenvalue weighted by atomic mass is 9.81. The highest BCUT2D eigenvalue weighted by molar-refractivity contribution is 5.28. The van der Waals surface area contributed by atoms with Gasteiger partial charge in [-0.3, -0.25) is 0 Å². The summed E-state index contributed by atoms with van der Waals surface area (Å²) in [7, 11) is 0. The maximum absolute atomic E-state index is 3.31. The lowest BCUT2D eigenvalue weighted by Gasteiger charge is -2.25. The van der Waals surface area contributed by atoms with Crippen molar-refractivity contribution in [3.05, 3.63) is 11.6 Å². The molecule has 0 bridgehead atoms. The Morgan fingerprint density at radius 1 is 1.17 bits per heavy atom. The van der Waals surface area contributed by atoms with Crippen LogP contribution in [0, 0.1) is 29.1 Å². The Hall–Kier alpha value is -0.700. The van der Waals surface area contributed by atoms with Gasteiger partial charge >= 0.3 is 0 Å². The maximum Gasteiger partial charge on any atom is -0.00169 e. The molecule has 0 aromatic heterocycles. The Labute approximate surface area is 114 Å². The van der Waals surface area contributed by atoms with Crippen molar-refractivity contribution in [2.75, 3.05) is 0 Å². The fraction of sp³-hybridized carbons (Fsp3) is 0.778. The van der Waals surface area contributed by atoms with Crippen LogP contribution in [0.25, 0.3) is 0 Å². The van der Waals surface area contributed by atoms with Gasteiger partial charge in [0, 0.05) is 0 Å². The summed E-state index contributed by atoms with van der Waals surface area (Å²) in [6.07, 6.45) is 10.3. The van der Waals surface area contributed by atoms with E-state index in [-0.39, 0.29) is 0 Å². The Kier molecular flexibility index (Phi) is 6.00. The molecule has 0 radical (unpaired) electrons. The van der Waals surface area contributed by atoms with Gasteiger partial charge in [0.2, 0.25) is 0 Å². The first kappa shape index (κ1) is 15.4. The largest absolute Gasteiger partial charge is 0.102 e. The number of hydrogen-bond donors (Lipinski definition) is 0. The van der Waals surface area contributed by atoms with Crippen LogP contribution in [0.3, 0.4) is 0 Å². The molecule has 0 nitrogen and oxygen atoms in total. The molecule has 0 aromatic rings. The summed E-state index contributed by atoms with van der Waals surface area (Å²) in [4.78, 5) is 0. The van der Waals surface area contributed by atoms with Gasteiger partial charge in [-0.25, -0.2) is 0 Å². The summed E-state index contributed by atoms with van der Waals surface area (Å²) in [6, 6.07) is 0. The predicted octanol–water partition coefficient (Wildman–Crippen LogP) is 5.59. The topological polar surface area (TPSA) is 0 Å². The van der Waals surface area contributed by atoms with Crippen molar-refractivity contribution >= 4 is 0 Å². The van der Waals surface area contributed by atoms with E-state index in [0.29, 0.717) is 11.3 Å². The molecule has 18 heavy (non-hydrogen) atoms. The van der Waals surface area contributed by atoms with Crippen LogP contribution in [0.2, 0.25) is 0 Å². The van der Waals surface area contributed by atoms with Crippen LogP contribution in [0.4, 0.5) is 0 Å². The molecule has 0 N–H and O–H groups in total. The summed E-state index contributed by atoms with van der Waals surface area (Å²) >= 11 is 0. The lowest BCUT2D eigenvalue weighted by molar-refractivity contribution is 0.276. The van der Waals surface area contributed by atoms with Gasteiger partial charge in [-0.15, -0.1) is 5.92 Å². The zero-order valence-corrected chi connectivity index (χ0v) is 13.0. The van der Waals surface area contributed by atoms with Gasteiger partial charge in [-0.2, -0.15) is 0 Å². The molecular formula is C18H30. The number of rotatable bonds is 0. The minimum absolute atomic E-state index is 0.512. The molecule has 0 amide bonds. The minimum atomic E-state index is 0.512. The normalized spacial score (nSPS) is 29.5. The number of allylic oxidation sites excluding steroid dienone is 2. The first-order valence-electron chi connectivity index (χ1n) is 7.58. The molecule has 0 fully saturated rings. The van der Waals surface area contributed by atoms with Crippen molar-refractivity contribution in [2.24, 2.45) is 17.3 Å². The number of hydrogen-bond acceptors (Lipinski definition) is 0. The molecule has 0 aliphatic heterocycles. The van der Waals surface area contributed by atoms with Gasteiger partial charge in [0.25, 0.3) is 0 Å². The van der Waals surface area contributed by atoms with Gasteiger partial charge in [-0.05, 0) is 55.4 Å². The van der Waals surface area contributed by atoms with Crippen molar-refractivity contribution in [3.8, 4) is 11.8 Å². The zero-order chi connectivity index (χ0) is 13.6. The molecule has 0 saturated carbocycles. The van der Waals surface area contributed by atoms with Crippen LogP contribution < -0.4 is 0 Å². The molecule has 0 spiro atoms. The molecule has 0 aromatic carbocycles. The smallest absolute Gasteiger partial charge is 0.00169 e. The quantitative estimate of drug-likeness (QED) is 0.489. The Morgan fingerprint density at radius 3 is 2.50 bits per heavy atom. The summed E-state index contributed by atoms with van der Waals surface area (Å²) < 4.78 is 0. The summed E-state index contributed by atoms with van der Waals surface area (Å²) in [5.74, 6) is 7.84. The summed E-state index contributed by atoms with van der Waals surface area (Å²) in [5, 5.41) is 0. The Morgan fingerprint density at radius 2 is 1.83 bits per heavy atom. The molecular weight excluding hydrogens is 216 g/mol. The van der Waals surface area contributed by atoms with Crippen LogP contribution in [-0.4, -0.2) is 0 Å². The van der Waals surface area contributed by atoms with Crippen molar-refractivity contribution < 1.29 is 0 Å². The van der Waals surface area contributed by atoms with E-state index in [2.05, 4.69) is 45.6 Å². The van der Waals surface area contributed by atoms with Crippen LogP contribution in [0.1, 0.15) is 73.1 Å². The van der Waals surface area contributed by atoms with E-state index in [4.69, 9.17) is 0 Å². The highest BCUT2D eigenvalue weighted by atomic mass is 14.3. The van der Waals surface area contributed by atoms with E-state index in [1.54, 1.807) is 0 Å². The van der Waals surface area contributed by atoms with Gasteiger partial charge in [0.15, 0.2) is 0 Å². The fourth-order valence-corrected chi connectivity index (χ4v) is 2.88. The molecule has 0 heteroatoms. The van der Waals surface area contributed by atoms with Crippen molar-refractivity contribution in [3.63, 3.8) is 0 Å². The SMILES string of the molecule is CC#CC1=CC(C)C(C)CCCC(C)(C)CCC1. The zero-order valence-electron chi connectivity index (χ0n) is 13.0. The highest BCUT2D eigenvalue weighted by Crippen LogP contribution is 2.33. The van der Waals surface area contributed by atoms with Crippen LogP contribution in [0.5, 0.6) is 0 Å². The van der Waals surface area contributed by atoms with E-state index in [0.717, 1.165) is 5.92 Å². The van der Waals surface area contributed by atoms with Crippen molar-refractivity contribution in [2.45, 2.75) is 73.1 Å². The molecule has 0 heterocycles. The first-order chi connectivity index (χ1) is 8.44. The lowest BCUT2D eigenvalue weighted by Crippen LogP contribution is -2.12. The minimum Gasteiger partial charge on any atom is -0.102 e. The molecule has 0 saturated heterocycles. The van der Waals surface area contributed by atoms with Gasteiger partial charge in [0.1, 0.15) is 0 Å². The van der Waals surface area contributed by atoms with Crippen molar-refractivity contribution in [1.29, 1.82) is 0 Å². The second kappa shape index (κ2) is 7.03. The van der Waals surface area contributed by atoms with Crippen LogP contribution in [-0.2, 0) is 0 Å².